The van der Waals surface area contributed by atoms with Crippen LogP contribution in [0.4, 0.5) is 0 Å². The highest BCUT2D eigenvalue weighted by Crippen LogP contribution is 2.41. The maximum Gasteiger partial charge on any atom is 0.317 e. The number of carbonyl (C=O) groups is 1. The first-order valence-electron chi connectivity index (χ1n) is 8.08. The highest BCUT2D eigenvalue weighted by molar-refractivity contribution is 5.69. The number of rotatable bonds is 6. The minimum Gasteiger partial charge on any atom is -0.493 e. The van der Waals surface area contributed by atoms with Crippen molar-refractivity contribution in [2.24, 2.45) is 0 Å². The van der Waals surface area contributed by atoms with E-state index in [9.17, 15) is 4.79 Å². The second-order valence-electron chi connectivity index (χ2n) is 6.35. The topological polar surface area (TPSA) is 63.4 Å². The fraction of sp³-hybridized carbons (Fsp3) is 0.556. The van der Waals surface area contributed by atoms with Crippen LogP contribution >= 0.6 is 0 Å². The molecular formula is C18H24N2O4. The zero-order valence-electron chi connectivity index (χ0n) is 14.4. The first-order valence-corrected chi connectivity index (χ1v) is 8.08. The standard InChI is InChI=1S/C18H24N2O4/c1-13(2)24-16-11-14(5-6-15(16)23-4)18(19-3)7-9-20(10-8-18)12-17(21)22/h5-6,11,13H,7-10,12H2,1-2,4H3,(H,21,22). The third-order valence-electron chi connectivity index (χ3n) is 4.32. The van der Waals surface area contributed by atoms with Gasteiger partial charge in [-0.05, 0) is 32.0 Å². The van der Waals surface area contributed by atoms with Crippen LogP contribution in [0, 0.1) is 6.57 Å². The molecule has 1 aromatic carbocycles. The molecule has 6 nitrogen and oxygen atoms in total. The maximum absolute atomic E-state index is 10.9. The van der Waals surface area contributed by atoms with Crippen LogP contribution in [-0.2, 0) is 10.3 Å². The second kappa shape index (κ2) is 7.54. The summed E-state index contributed by atoms with van der Waals surface area (Å²) in [5.74, 6) is 0.458. The van der Waals surface area contributed by atoms with Crippen molar-refractivity contribution in [2.75, 3.05) is 26.7 Å². The Bertz CT molecular complexity index is 628. The highest BCUT2D eigenvalue weighted by Gasteiger charge is 2.43. The number of nitrogens with zero attached hydrogens (tertiary/aromatic N) is 2. The van der Waals surface area contributed by atoms with Crippen LogP contribution in [0.25, 0.3) is 4.85 Å². The van der Waals surface area contributed by atoms with Crippen molar-refractivity contribution in [3.05, 3.63) is 35.2 Å². The number of likely N-dealkylation sites (tertiary alicyclic amines) is 1. The number of ether oxygens (including phenoxy) is 2. The summed E-state index contributed by atoms with van der Waals surface area (Å²) in [6.07, 6.45) is 1.23. The summed E-state index contributed by atoms with van der Waals surface area (Å²) >= 11 is 0. The van der Waals surface area contributed by atoms with Crippen LogP contribution in [0.1, 0.15) is 32.3 Å². The van der Waals surface area contributed by atoms with Crippen LogP contribution < -0.4 is 9.47 Å². The molecule has 6 heteroatoms. The van der Waals surface area contributed by atoms with Gasteiger partial charge in [-0.1, -0.05) is 0 Å². The van der Waals surface area contributed by atoms with E-state index < -0.39 is 11.5 Å². The third kappa shape index (κ3) is 3.98. The van der Waals surface area contributed by atoms with E-state index in [1.165, 1.54) is 0 Å². The summed E-state index contributed by atoms with van der Waals surface area (Å²) < 4.78 is 11.2. The van der Waals surface area contributed by atoms with Gasteiger partial charge in [0, 0.05) is 31.5 Å². The normalized spacial score (nSPS) is 17.3. The third-order valence-corrected chi connectivity index (χ3v) is 4.32. The van der Waals surface area contributed by atoms with Crippen molar-refractivity contribution in [1.82, 2.24) is 4.90 Å². The van der Waals surface area contributed by atoms with Gasteiger partial charge < -0.3 is 19.4 Å². The van der Waals surface area contributed by atoms with Gasteiger partial charge in [-0.25, -0.2) is 6.57 Å². The number of carboxylic acid groups (broad SMARTS) is 1. The van der Waals surface area contributed by atoms with Gasteiger partial charge in [0.15, 0.2) is 11.5 Å². The lowest BCUT2D eigenvalue weighted by Gasteiger charge is -2.33. The molecule has 1 fully saturated rings. The number of carboxylic acids is 1. The van der Waals surface area contributed by atoms with Gasteiger partial charge in [-0.15, -0.1) is 0 Å². The molecule has 130 valence electrons. The smallest absolute Gasteiger partial charge is 0.317 e. The molecule has 1 heterocycles. The molecule has 0 unspecified atom stereocenters. The summed E-state index contributed by atoms with van der Waals surface area (Å²) in [7, 11) is 1.59. The Morgan fingerprint density at radius 3 is 2.54 bits per heavy atom. The molecule has 1 saturated heterocycles. The van der Waals surface area contributed by atoms with E-state index in [2.05, 4.69) is 4.85 Å². The van der Waals surface area contributed by atoms with Crippen molar-refractivity contribution < 1.29 is 19.4 Å². The summed E-state index contributed by atoms with van der Waals surface area (Å²) in [6.45, 7) is 12.8. The zero-order chi connectivity index (χ0) is 17.7. The molecule has 2 rings (SSSR count). The molecule has 0 radical (unpaired) electrons. The molecule has 0 saturated carbocycles. The molecular weight excluding hydrogens is 308 g/mol. The molecule has 1 aliphatic rings. The lowest BCUT2D eigenvalue weighted by Crippen LogP contribution is -2.43. The van der Waals surface area contributed by atoms with E-state index in [-0.39, 0.29) is 12.6 Å². The Morgan fingerprint density at radius 2 is 2.04 bits per heavy atom. The molecule has 0 bridgehead atoms. The largest absolute Gasteiger partial charge is 0.493 e. The molecule has 1 aliphatic heterocycles. The van der Waals surface area contributed by atoms with E-state index in [0.29, 0.717) is 37.4 Å². The highest BCUT2D eigenvalue weighted by atomic mass is 16.5. The summed E-state index contributed by atoms with van der Waals surface area (Å²) in [6, 6.07) is 5.64. The van der Waals surface area contributed by atoms with Crippen molar-refractivity contribution >= 4 is 5.97 Å². The molecule has 1 aromatic rings. The summed E-state index contributed by atoms with van der Waals surface area (Å²) in [5, 5.41) is 8.92. The van der Waals surface area contributed by atoms with Crippen LogP contribution in [0.5, 0.6) is 11.5 Å². The number of methoxy groups -OCH3 is 1. The quantitative estimate of drug-likeness (QED) is 0.812. The van der Waals surface area contributed by atoms with Gasteiger partial charge in [-0.3, -0.25) is 9.69 Å². The Kier molecular flexibility index (Phi) is 5.68. The molecule has 0 amide bonds. The minimum absolute atomic E-state index is 0.00968. The van der Waals surface area contributed by atoms with E-state index >= 15 is 0 Å². The van der Waals surface area contributed by atoms with E-state index in [0.717, 1.165) is 5.56 Å². The van der Waals surface area contributed by atoms with Crippen molar-refractivity contribution in [1.29, 1.82) is 0 Å². The zero-order valence-corrected chi connectivity index (χ0v) is 14.4. The van der Waals surface area contributed by atoms with Gasteiger partial charge in [0.2, 0.25) is 0 Å². The Labute approximate surface area is 142 Å². The van der Waals surface area contributed by atoms with Gasteiger partial charge in [0.05, 0.1) is 19.8 Å². The molecule has 24 heavy (non-hydrogen) atoms. The van der Waals surface area contributed by atoms with Crippen molar-refractivity contribution in [3.8, 4) is 11.5 Å². The number of hydrogen-bond donors (Lipinski definition) is 1. The first kappa shape index (κ1) is 18.1. The predicted molar refractivity (Wildman–Crippen MR) is 90.3 cm³/mol. The van der Waals surface area contributed by atoms with Crippen molar-refractivity contribution in [2.45, 2.75) is 38.3 Å². The summed E-state index contributed by atoms with van der Waals surface area (Å²) in [5.41, 5.74) is 0.278. The number of benzene rings is 1. The number of piperidine rings is 1. The molecule has 0 aromatic heterocycles. The fourth-order valence-corrected chi connectivity index (χ4v) is 3.05. The fourth-order valence-electron chi connectivity index (χ4n) is 3.05. The van der Waals surface area contributed by atoms with Gasteiger partial charge >= 0.3 is 5.97 Å². The van der Waals surface area contributed by atoms with Crippen LogP contribution in [0.2, 0.25) is 0 Å². The van der Waals surface area contributed by atoms with Crippen molar-refractivity contribution in [3.63, 3.8) is 0 Å². The van der Waals surface area contributed by atoms with Crippen LogP contribution in [0.3, 0.4) is 0 Å². The maximum atomic E-state index is 10.9. The average molecular weight is 332 g/mol. The Morgan fingerprint density at radius 1 is 1.38 bits per heavy atom. The SMILES string of the molecule is [C-]#[N+]C1(c2ccc(OC)c(OC(C)C)c2)CCN(CC(=O)O)CC1. The van der Waals surface area contributed by atoms with Gasteiger partial charge in [0.1, 0.15) is 0 Å². The minimum atomic E-state index is -0.831. The van der Waals surface area contributed by atoms with E-state index in [4.69, 9.17) is 21.2 Å². The number of aliphatic carboxylic acids is 1. The lowest BCUT2D eigenvalue weighted by atomic mass is 9.81. The Balaban J connectivity index is 2.25. The monoisotopic (exact) mass is 332 g/mol. The van der Waals surface area contributed by atoms with Crippen LogP contribution in [-0.4, -0.2) is 48.8 Å². The molecule has 0 spiro atoms. The molecule has 0 aliphatic carbocycles. The van der Waals surface area contributed by atoms with Crippen LogP contribution in [0.15, 0.2) is 18.2 Å². The predicted octanol–water partition coefficient (Wildman–Crippen LogP) is 2.78. The lowest BCUT2D eigenvalue weighted by molar-refractivity contribution is -0.138. The summed E-state index contributed by atoms with van der Waals surface area (Å²) in [4.78, 5) is 16.6. The molecule has 0 atom stereocenters. The van der Waals surface area contributed by atoms with E-state index in [1.807, 2.05) is 36.9 Å². The second-order valence-corrected chi connectivity index (χ2v) is 6.35. The Hall–Kier alpha value is -2.26. The van der Waals surface area contributed by atoms with Gasteiger partial charge in [-0.2, -0.15) is 0 Å². The first-order chi connectivity index (χ1) is 11.4. The molecule has 1 N–H and O–H groups in total. The van der Waals surface area contributed by atoms with Gasteiger partial charge in [0.25, 0.3) is 5.54 Å². The van der Waals surface area contributed by atoms with E-state index in [1.54, 1.807) is 7.11 Å². The average Bonchev–Trinajstić information content (AvgIpc) is 2.55. The number of hydrogen-bond acceptors (Lipinski definition) is 4.